The highest BCUT2D eigenvalue weighted by Gasteiger charge is 2.06. The van der Waals surface area contributed by atoms with E-state index in [0.29, 0.717) is 17.8 Å². The van der Waals surface area contributed by atoms with Crippen molar-refractivity contribution in [3.05, 3.63) is 29.8 Å². The van der Waals surface area contributed by atoms with Crippen molar-refractivity contribution in [1.29, 1.82) is 0 Å². The topological polar surface area (TPSA) is 70.2 Å². The summed E-state index contributed by atoms with van der Waals surface area (Å²) in [6.07, 6.45) is 0.891. The first kappa shape index (κ1) is 13.0. The fraction of sp³-hybridized carbons (Fsp3) is 0.333. The first-order valence-electron chi connectivity index (χ1n) is 5.54. The molecule has 1 aromatic rings. The Morgan fingerprint density at radius 3 is 2.71 bits per heavy atom. The molecule has 0 heterocycles. The smallest absolute Gasteiger partial charge is 0.318 e. The third-order valence-corrected chi connectivity index (χ3v) is 2.15. The minimum absolute atomic E-state index is 0.132. The van der Waals surface area contributed by atoms with Gasteiger partial charge < -0.3 is 16.0 Å². The van der Waals surface area contributed by atoms with Crippen molar-refractivity contribution >= 4 is 17.6 Å². The van der Waals surface area contributed by atoms with E-state index in [9.17, 15) is 9.59 Å². The zero-order valence-electron chi connectivity index (χ0n) is 10.0. The average Bonchev–Trinajstić information content (AvgIpc) is 2.36. The SMILES string of the molecule is CCCNC(=O)c1cccc(NC(=O)NC)c1. The zero-order valence-corrected chi connectivity index (χ0v) is 10.0. The lowest BCUT2D eigenvalue weighted by Crippen LogP contribution is -2.26. The number of benzene rings is 1. The average molecular weight is 235 g/mol. The lowest BCUT2D eigenvalue weighted by atomic mass is 10.2. The monoisotopic (exact) mass is 235 g/mol. The van der Waals surface area contributed by atoms with Crippen molar-refractivity contribution in [3.63, 3.8) is 0 Å². The van der Waals surface area contributed by atoms with Gasteiger partial charge in [-0.3, -0.25) is 4.79 Å². The number of hydrogen-bond donors (Lipinski definition) is 3. The Bertz CT molecular complexity index is 404. The van der Waals surface area contributed by atoms with Crippen molar-refractivity contribution in [2.75, 3.05) is 18.9 Å². The summed E-state index contributed by atoms with van der Waals surface area (Å²) in [5.41, 5.74) is 1.13. The summed E-state index contributed by atoms with van der Waals surface area (Å²) in [5, 5.41) is 7.83. The molecule has 0 fully saturated rings. The van der Waals surface area contributed by atoms with Gasteiger partial charge in [-0.1, -0.05) is 13.0 Å². The number of nitrogens with one attached hydrogen (secondary N) is 3. The predicted molar refractivity (Wildman–Crippen MR) is 67.1 cm³/mol. The van der Waals surface area contributed by atoms with E-state index in [1.165, 1.54) is 7.05 Å². The van der Waals surface area contributed by atoms with Crippen LogP contribution in [0.5, 0.6) is 0 Å². The van der Waals surface area contributed by atoms with Gasteiger partial charge in [0, 0.05) is 24.8 Å². The molecule has 0 bridgehead atoms. The van der Waals surface area contributed by atoms with E-state index in [1.807, 2.05) is 6.92 Å². The highest BCUT2D eigenvalue weighted by molar-refractivity contribution is 5.96. The van der Waals surface area contributed by atoms with Gasteiger partial charge in [0.2, 0.25) is 0 Å². The molecule has 0 aliphatic rings. The minimum atomic E-state index is -0.309. The Morgan fingerprint density at radius 1 is 1.29 bits per heavy atom. The maximum Gasteiger partial charge on any atom is 0.318 e. The van der Waals surface area contributed by atoms with Crippen LogP contribution in [0.3, 0.4) is 0 Å². The molecule has 0 radical (unpaired) electrons. The van der Waals surface area contributed by atoms with Gasteiger partial charge in [0.15, 0.2) is 0 Å². The van der Waals surface area contributed by atoms with E-state index in [0.717, 1.165) is 6.42 Å². The summed E-state index contributed by atoms with van der Waals surface area (Å²) in [5.74, 6) is -0.132. The number of hydrogen-bond acceptors (Lipinski definition) is 2. The molecule has 0 saturated heterocycles. The summed E-state index contributed by atoms with van der Waals surface area (Å²) in [6, 6.07) is 6.49. The van der Waals surface area contributed by atoms with E-state index in [1.54, 1.807) is 24.3 Å². The van der Waals surface area contributed by atoms with Crippen LogP contribution in [0.1, 0.15) is 23.7 Å². The molecule has 0 aromatic heterocycles. The van der Waals surface area contributed by atoms with Crippen molar-refractivity contribution in [3.8, 4) is 0 Å². The number of rotatable bonds is 4. The van der Waals surface area contributed by atoms with Gasteiger partial charge in [-0.15, -0.1) is 0 Å². The molecular weight excluding hydrogens is 218 g/mol. The highest BCUT2D eigenvalue weighted by Crippen LogP contribution is 2.10. The van der Waals surface area contributed by atoms with Gasteiger partial charge >= 0.3 is 6.03 Å². The standard InChI is InChI=1S/C12H17N3O2/c1-3-7-14-11(16)9-5-4-6-10(8-9)15-12(17)13-2/h4-6,8H,3,7H2,1-2H3,(H,14,16)(H2,13,15,17). The predicted octanol–water partition coefficient (Wildman–Crippen LogP) is 1.58. The van der Waals surface area contributed by atoms with Crippen molar-refractivity contribution in [2.45, 2.75) is 13.3 Å². The minimum Gasteiger partial charge on any atom is -0.352 e. The molecule has 0 saturated carbocycles. The fourth-order valence-corrected chi connectivity index (χ4v) is 1.27. The van der Waals surface area contributed by atoms with Gasteiger partial charge in [0.1, 0.15) is 0 Å². The molecular formula is C12H17N3O2. The van der Waals surface area contributed by atoms with Crippen LogP contribution in [0.2, 0.25) is 0 Å². The number of urea groups is 1. The number of carbonyl (C=O) groups is 2. The van der Waals surface area contributed by atoms with Gasteiger partial charge in [0.25, 0.3) is 5.91 Å². The van der Waals surface area contributed by atoms with E-state index in [4.69, 9.17) is 0 Å². The lowest BCUT2D eigenvalue weighted by Gasteiger charge is -2.07. The molecule has 0 atom stereocenters. The lowest BCUT2D eigenvalue weighted by molar-refractivity contribution is 0.0953. The van der Waals surface area contributed by atoms with E-state index < -0.39 is 0 Å². The van der Waals surface area contributed by atoms with Crippen LogP contribution in [-0.4, -0.2) is 25.5 Å². The molecule has 92 valence electrons. The third-order valence-electron chi connectivity index (χ3n) is 2.15. The van der Waals surface area contributed by atoms with Crippen LogP contribution in [0.4, 0.5) is 10.5 Å². The molecule has 0 unspecified atom stereocenters. The second kappa shape index (κ2) is 6.52. The van der Waals surface area contributed by atoms with E-state index >= 15 is 0 Å². The maximum absolute atomic E-state index is 11.7. The van der Waals surface area contributed by atoms with Gasteiger partial charge in [-0.05, 0) is 24.6 Å². The Hall–Kier alpha value is -2.04. The molecule has 0 spiro atoms. The van der Waals surface area contributed by atoms with Crippen molar-refractivity contribution in [1.82, 2.24) is 10.6 Å². The molecule has 17 heavy (non-hydrogen) atoms. The van der Waals surface area contributed by atoms with Crippen LogP contribution in [-0.2, 0) is 0 Å². The second-order valence-corrected chi connectivity index (χ2v) is 3.54. The van der Waals surface area contributed by atoms with Gasteiger partial charge in [-0.25, -0.2) is 4.79 Å². The summed E-state index contributed by atoms with van der Waals surface area (Å²) in [4.78, 5) is 22.8. The molecule has 0 aliphatic carbocycles. The van der Waals surface area contributed by atoms with Gasteiger partial charge in [-0.2, -0.15) is 0 Å². The second-order valence-electron chi connectivity index (χ2n) is 3.54. The van der Waals surface area contributed by atoms with Gasteiger partial charge in [0.05, 0.1) is 0 Å². The normalized spacial score (nSPS) is 9.53. The maximum atomic E-state index is 11.7. The van der Waals surface area contributed by atoms with Crippen LogP contribution >= 0.6 is 0 Å². The van der Waals surface area contributed by atoms with Crippen molar-refractivity contribution in [2.24, 2.45) is 0 Å². The Kier molecular flexibility index (Phi) is 5.00. The molecule has 5 heteroatoms. The summed E-state index contributed by atoms with van der Waals surface area (Å²) < 4.78 is 0. The Labute approximate surface area is 101 Å². The first-order valence-corrected chi connectivity index (χ1v) is 5.54. The first-order chi connectivity index (χ1) is 8.17. The zero-order chi connectivity index (χ0) is 12.7. The Morgan fingerprint density at radius 2 is 2.06 bits per heavy atom. The summed E-state index contributed by atoms with van der Waals surface area (Å²) in [6.45, 7) is 2.63. The van der Waals surface area contributed by atoms with E-state index in [2.05, 4.69) is 16.0 Å². The summed E-state index contributed by atoms with van der Waals surface area (Å²) >= 11 is 0. The number of anilines is 1. The molecule has 1 rings (SSSR count). The number of amides is 3. The molecule has 3 N–H and O–H groups in total. The molecule has 3 amide bonds. The third kappa shape index (κ3) is 4.14. The molecule has 0 aliphatic heterocycles. The van der Waals surface area contributed by atoms with Crippen molar-refractivity contribution < 1.29 is 9.59 Å². The molecule has 5 nitrogen and oxygen atoms in total. The van der Waals surface area contributed by atoms with Crippen LogP contribution < -0.4 is 16.0 Å². The van der Waals surface area contributed by atoms with Crippen LogP contribution in [0.25, 0.3) is 0 Å². The fourth-order valence-electron chi connectivity index (χ4n) is 1.27. The van der Waals surface area contributed by atoms with Crippen LogP contribution in [0.15, 0.2) is 24.3 Å². The van der Waals surface area contributed by atoms with Crippen LogP contribution in [0, 0.1) is 0 Å². The number of carbonyl (C=O) groups excluding carboxylic acids is 2. The van der Waals surface area contributed by atoms with E-state index in [-0.39, 0.29) is 11.9 Å². The summed E-state index contributed by atoms with van der Waals surface area (Å²) in [7, 11) is 1.53. The Balaban J connectivity index is 2.71. The highest BCUT2D eigenvalue weighted by atomic mass is 16.2. The largest absolute Gasteiger partial charge is 0.352 e. The molecule has 1 aromatic carbocycles. The quantitative estimate of drug-likeness (QED) is 0.741.